The van der Waals surface area contributed by atoms with Gasteiger partial charge in [-0.3, -0.25) is 9.59 Å². The van der Waals surface area contributed by atoms with E-state index in [-0.39, 0.29) is 30.9 Å². The van der Waals surface area contributed by atoms with Crippen molar-refractivity contribution in [2.24, 2.45) is 5.92 Å². The van der Waals surface area contributed by atoms with Gasteiger partial charge in [0.15, 0.2) is 0 Å². The SMILES string of the molecule is CC(C)(C)OC(=O)N1CCCCC1C1CC(=O)OC(=O)C1. The first-order valence-corrected chi connectivity index (χ1v) is 7.49. The van der Waals surface area contributed by atoms with Crippen LogP contribution in [0.4, 0.5) is 4.79 Å². The Labute approximate surface area is 124 Å². The molecule has 118 valence electrons. The summed E-state index contributed by atoms with van der Waals surface area (Å²) in [5.74, 6) is -1.15. The molecule has 2 rings (SSSR count). The number of amides is 1. The maximum absolute atomic E-state index is 12.3. The fourth-order valence-corrected chi connectivity index (χ4v) is 2.98. The summed E-state index contributed by atoms with van der Waals surface area (Å²) >= 11 is 0. The number of carbonyl (C=O) groups excluding carboxylic acids is 3. The van der Waals surface area contributed by atoms with Crippen molar-refractivity contribution in [3.8, 4) is 0 Å². The smallest absolute Gasteiger partial charge is 0.410 e. The van der Waals surface area contributed by atoms with Crippen LogP contribution in [0.3, 0.4) is 0 Å². The molecule has 6 heteroatoms. The van der Waals surface area contributed by atoms with Gasteiger partial charge in [0.25, 0.3) is 0 Å². The summed E-state index contributed by atoms with van der Waals surface area (Å²) in [5, 5.41) is 0. The lowest BCUT2D eigenvalue weighted by atomic mass is 9.85. The minimum Gasteiger partial charge on any atom is -0.444 e. The Balaban J connectivity index is 2.09. The Morgan fingerprint density at radius 2 is 1.81 bits per heavy atom. The summed E-state index contributed by atoms with van der Waals surface area (Å²) in [6, 6.07) is -0.120. The molecule has 2 saturated heterocycles. The van der Waals surface area contributed by atoms with Crippen LogP contribution in [0.2, 0.25) is 0 Å². The maximum atomic E-state index is 12.3. The van der Waals surface area contributed by atoms with Crippen molar-refractivity contribution in [1.82, 2.24) is 4.90 Å². The summed E-state index contributed by atoms with van der Waals surface area (Å²) in [6.45, 7) is 6.08. The van der Waals surface area contributed by atoms with E-state index in [0.29, 0.717) is 6.54 Å². The van der Waals surface area contributed by atoms with E-state index in [1.165, 1.54) is 0 Å². The van der Waals surface area contributed by atoms with Crippen molar-refractivity contribution in [2.75, 3.05) is 6.54 Å². The molecule has 0 radical (unpaired) electrons. The average Bonchev–Trinajstić information content (AvgIpc) is 2.35. The highest BCUT2D eigenvalue weighted by Crippen LogP contribution is 2.31. The van der Waals surface area contributed by atoms with E-state index in [2.05, 4.69) is 4.74 Å². The molecule has 0 aliphatic carbocycles. The normalized spacial score (nSPS) is 24.7. The molecule has 0 spiro atoms. The van der Waals surface area contributed by atoms with Crippen molar-refractivity contribution in [3.63, 3.8) is 0 Å². The Bertz CT molecular complexity index is 424. The second-order valence-electron chi connectivity index (χ2n) is 6.75. The lowest BCUT2D eigenvalue weighted by Gasteiger charge is -2.41. The molecule has 2 aliphatic rings. The van der Waals surface area contributed by atoms with E-state index in [4.69, 9.17) is 4.74 Å². The number of cyclic esters (lactones) is 2. The van der Waals surface area contributed by atoms with Crippen LogP contribution in [0, 0.1) is 5.92 Å². The summed E-state index contributed by atoms with van der Waals surface area (Å²) in [4.78, 5) is 36.9. The van der Waals surface area contributed by atoms with E-state index >= 15 is 0 Å². The van der Waals surface area contributed by atoms with Crippen molar-refractivity contribution in [1.29, 1.82) is 0 Å². The van der Waals surface area contributed by atoms with E-state index in [1.54, 1.807) is 4.90 Å². The highest BCUT2D eigenvalue weighted by Gasteiger charge is 2.40. The van der Waals surface area contributed by atoms with Crippen LogP contribution in [0.5, 0.6) is 0 Å². The number of rotatable bonds is 1. The maximum Gasteiger partial charge on any atom is 0.410 e. The third kappa shape index (κ3) is 4.19. The van der Waals surface area contributed by atoms with Crippen LogP contribution < -0.4 is 0 Å². The van der Waals surface area contributed by atoms with Crippen LogP contribution in [-0.4, -0.2) is 41.1 Å². The first-order chi connectivity index (χ1) is 9.76. The van der Waals surface area contributed by atoms with Crippen LogP contribution >= 0.6 is 0 Å². The van der Waals surface area contributed by atoms with Gasteiger partial charge in [0.1, 0.15) is 5.60 Å². The standard InChI is InChI=1S/C15H23NO5/c1-15(2,3)21-14(19)16-7-5-4-6-11(16)10-8-12(17)20-13(18)9-10/h10-11H,4-9H2,1-3H3. The Morgan fingerprint density at radius 3 is 2.38 bits per heavy atom. The number of hydrogen-bond donors (Lipinski definition) is 0. The van der Waals surface area contributed by atoms with Gasteiger partial charge in [-0.15, -0.1) is 0 Å². The van der Waals surface area contributed by atoms with Gasteiger partial charge < -0.3 is 14.4 Å². The van der Waals surface area contributed by atoms with Gasteiger partial charge in [-0.25, -0.2) is 4.79 Å². The summed E-state index contributed by atoms with van der Waals surface area (Å²) < 4.78 is 10.0. The monoisotopic (exact) mass is 297 g/mol. The molecule has 0 N–H and O–H groups in total. The van der Waals surface area contributed by atoms with Crippen LogP contribution in [0.15, 0.2) is 0 Å². The third-order valence-corrected chi connectivity index (χ3v) is 3.81. The van der Waals surface area contributed by atoms with E-state index in [1.807, 2.05) is 20.8 Å². The average molecular weight is 297 g/mol. The lowest BCUT2D eigenvalue weighted by Crippen LogP contribution is -2.51. The van der Waals surface area contributed by atoms with Crippen molar-refractivity contribution in [2.45, 2.75) is 64.5 Å². The molecular formula is C15H23NO5. The predicted molar refractivity (Wildman–Crippen MR) is 74.4 cm³/mol. The third-order valence-electron chi connectivity index (χ3n) is 3.81. The van der Waals surface area contributed by atoms with Crippen molar-refractivity contribution < 1.29 is 23.9 Å². The van der Waals surface area contributed by atoms with Crippen molar-refractivity contribution >= 4 is 18.0 Å². The minimum absolute atomic E-state index is 0.120. The number of nitrogens with zero attached hydrogens (tertiary/aromatic N) is 1. The predicted octanol–water partition coefficient (Wildman–Crippen LogP) is 2.26. The second kappa shape index (κ2) is 6.03. The molecule has 1 unspecified atom stereocenters. The van der Waals surface area contributed by atoms with Gasteiger partial charge in [-0.2, -0.15) is 0 Å². The molecule has 1 amide bonds. The zero-order valence-electron chi connectivity index (χ0n) is 12.9. The van der Waals surface area contributed by atoms with E-state index < -0.39 is 17.5 Å². The molecule has 2 aliphatic heterocycles. The largest absolute Gasteiger partial charge is 0.444 e. The first kappa shape index (κ1) is 15.8. The molecule has 0 aromatic heterocycles. The Kier molecular flexibility index (Phi) is 4.54. The molecular weight excluding hydrogens is 274 g/mol. The van der Waals surface area contributed by atoms with Crippen LogP contribution in [0.1, 0.15) is 52.9 Å². The minimum atomic E-state index is -0.555. The molecule has 2 fully saturated rings. The molecule has 2 heterocycles. The molecule has 1 atom stereocenters. The number of ether oxygens (including phenoxy) is 2. The van der Waals surface area contributed by atoms with Gasteiger partial charge in [0.2, 0.25) is 0 Å². The van der Waals surface area contributed by atoms with E-state index in [9.17, 15) is 14.4 Å². The Morgan fingerprint density at radius 1 is 1.19 bits per heavy atom. The quantitative estimate of drug-likeness (QED) is 0.548. The number of carbonyl (C=O) groups is 3. The molecule has 0 saturated carbocycles. The van der Waals surface area contributed by atoms with Gasteiger partial charge in [0.05, 0.1) is 12.8 Å². The fraction of sp³-hybridized carbons (Fsp3) is 0.800. The topological polar surface area (TPSA) is 72.9 Å². The number of likely N-dealkylation sites (tertiary alicyclic amines) is 1. The molecule has 0 aromatic carbocycles. The highest BCUT2D eigenvalue weighted by atomic mass is 16.6. The summed E-state index contributed by atoms with van der Waals surface area (Å²) in [6.07, 6.45) is 2.72. The highest BCUT2D eigenvalue weighted by molar-refractivity contribution is 5.88. The van der Waals surface area contributed by atoms with Crippen molar-refractivity contribution in [3.05, 3.63) is 0 Å². The molecule has 0 aromatic rings. The zero-order valence-corrected chi connectivity index (χ0v) is 12.9. The zero-order chi connectivity index (χ0) is 15.6. The molecule has 6 nitrogen and oxygen atoms in total. The second-order valence-corrected chi connectivity index (χ2v) is 6.75. The number of piperidine rings is 1. The fourth-order valence-electron chi connectivity index (χ4n) is 2.98. The Hall–Kier alpha value is -1.59. The van der Waals surface area contributed by atoms with Gasteiger partial charge in [-0.1, -0.05) is 0 Å². The summed E-state index contributed by atoms with van der Waals surface area (Å²) in [5.41, 5.74) is -0.555. The van der Waals surface area contributed by atoms with Gasteiger partial charge in [0, 0.05) is 18.5 Å². The molecule has 21 heavy (non-hydrogen) atoms. The van der Waals surface area contributed by atoms with Crippen LogP contribution in [-0.2, 0) is 19.1 Å². The van der Waals surface area contributed by atoms with Gasteiger partial charge >= 0.3 is 18.0 Å². The lowest BCUT2D eigenvalue weighted by molar-refractivity contribution is -0.167. The van der Waals surface area contributed by atoms with Gasteiger partial charge in [-0.05, 0) is 40.0 Å². The number of esters is 2. The molecule has 0 bridgehead atoms. The number of hydrogen-bond acceptors (Lipinski definition) is 5. The summed E-state index contributed by atoms with van der Waals surface area (Å²) in [7, 11) is 0. The van der Waals surface area contributed by atoms with E-state index in [0.717, 1.165) is 19.3 Å². The van der Waals surface area contributed by atoms with Crippen LogP contribution in [0.25, 0.3) is 0 Å². The first-order valence-electron chi connectivity index (χ1n) is 7.49.